The topological polar surface area (TPSA) is 80.3 Å². The number of hydrogen-bond acceptors (Lipinski definition) is 4. The Labute approximate surface area is 125 Å². The van der Waals surface area contributed by atoms with Gasteiger partial charge in [-0.3, -0.25) is 0 Å². The van der Waals surface area contributed by atoms with Gasteiger partial charge in [0.25, 0.3) is 0 Å². The number of hydrogen-bond donors (Lipinski definition) is 0. The molecule has 0 aliphatic rings. The molecule has 0 saturated carbocycles. The average Bonchev–Trinajstić information content (AvgIpc) is 2.34. The molecule has 0 bridgehead atoms. The lowest BCUT2D eigenvalue weighted by molar-refractivity contribution is -0.309. The highest BCUT2D eigenvalue weighted by molar-refractivity contribution is 5.68. The van der Waals surface area contributed by atoms with E-state index in [1.165, 1.54) is 5.56 Å². The fraction of sp³-hybridized carbons (Fsp3) is 0.529. The van der Waals surface area contributed by atoms with Gasteiger partial charge in [-0.15, -0.1) is 0 Å². The minimum Gasteiger partial charge on any atom is -0.550 e. The van der Waals surface area contributed by atoms with Crippen molar-refractivity contribution in [3.05, 3.63) is 35.4 Å². The molecule has 4 heteroatoms. The molecule has 1 rings (SSSR count). The van der Waals surface area contributed by atoms with E-state index in [2.05, 4.69) is 32.9 Å². The fourth-order valence-electron chi connectivity index (χ4n) is 2.29. The maximum absolute atomic E-state index is 10.6. The number of carboxylic acid groups (broad SMARTS) is 2. The van der Waals surface area contributed by atoms with Crippen LogP contribution in [0.4, 0.5) is 0 Å². The predicted molar refractivity (Wildman–Crippen MR) is 76.2 cm³/mol. The lowest BCUT2D eigenvalue weighted by Crippen LogP contribution is -2.30. The number of aliphatic carboxylic acids is 2. The first-order valence-corrected chi connectivity index (χ1v) is 7.17. The highest BCUT2D eigenvalue weighted by Gasteiger charge is 2.14. The van der Waals surface area contributed by atoms with E-state index in [0.717, 1.165) is 5.56 Å². The smallest absolute Gasteiger partial charge is 0.0417 e. The Bertz CT molecular complexity index is 467. The van der Waals surface area contributed by atoms with Crippen molar-refractivity contribution in [1.82, 2.24) is 0 Å². The summed E-state index contributed by atoms with van der Waals surface area (Å²) in [5.74, 6) is -2.88. The quantitative estimate of drug-likeness (QED) is 0.744. The molecular weight excluding hydrogens is 268 g/mol. The van der Waals surface area contributed by atoms with Crippen LogP contribution in [-0.2, 0) is 21.4 Å². The van der Waals surface area contributed by atoms with Crippen molar-refractivity contribution in [1.29, 1.82) is 0 Å². The summed E-state index contributed by atoms with van der Waals surface area (Å²) in [4.78, 5) is 21.3. The molecule has 1 aromatic carbocycles. The molecule has 0 saturated heterocycles. The second-order valence-corrected chi connectivity index (χ2v) is 6.50. The second-order valence-electron chi connectivity index (χ2n) is 6.50. The summed E-state index contributed by atoms with van der Waals surface area (Å²) < 4.78 is 0. The van der Waals surface area contributed by atoms with Gasteiger partial charge in [0, 0.05) is 11.9 Å². The van der Waals surface area contributed by atoms with Crippen molar-refractivity contribution in [3.63, 3.8) is 0 Å². The van der Waals surface area contributed by atoms with Crippen molar-refractivity contribution in [2.24, 2.45) is 5.92 Å². The number of rotatable bonds is 7. The third-order valence-electron chi connectivity index (χ3n) is 3.57. The average molecular weight is 290 g/mol. The standard InChI is InChI=1S/C17H24O4/c1-17(2,3)14-8-6-12(7-9-14)4-5-13(10-15(18)19)11-16(20)21/h6-9,13H,4-5,10-11H2,1-3H3,(H,18,19)(H,20,21)/p-2. The highest BCUT2D eigenvalue weighted by atomic mass is 16.4. The summed E-state index contributed by atoms with van der Waals surface area (Å²) in [6.45, 7) is 6.41. The zero-order chi connectivity index (χ0) is 16.0. The Hall–Kier alpha value is -1.84. The summed E-state index contributed by atoms with van der Waals surface area (Å²) in [7, 11) is 0. The van der Waals surface area contributed by atoms with Crippen molar-refractivity contribution in [2.75, 3.05) is 0 Å². The Morgan fingerprint density at radius 2 is 1.48 bits per heavy atom. The third-order valence-corrected chi connectivity index (χ3v) is 3.57. The summed E-state index contributed by atoms with van der Waals surface area (Å²) in [5.41, 5.74) is 2.39. The van der Waals surface area contributed by atoms with Crippen molar-refractivity contribution in [2.45, 2.75) is 51.9 Å². The molecule has 0 aromatic heterocycles. The van der Waals surface area contributed by atoms with E-state index in [9.17, 15) is 19.8 Å². The van der Waals surface area contributed by atoms with Crippen LogP contribution in [0.25, 0.3) is 0 Å². The number of aryl methyl sites for hydroxylation is 1. The first-order chi connectivity index (χ1) is 9.68. The molecule has 0 aliphatic heterocycles. The molecule has 1 aromatic rings. The van der Waals surface area contributed by atoms with Crippen LogP contribution in [0.1, 0.15) is 51.2 Å². The zero-order valence-electron chi connectivity index (χ0n) is 12.8. The van der Waals surface area contributed by atoms with Crippen molar-refractivity contribution >= 4 is 11.9 Å². The van der Waals surface area contributed by atoms with Crippen molar-refractivity contribution in [3.8, 4) is 0 Å². The van der Waals surface area contributed by atoms with Crippen LogP contribution in [0.5, 0.6) is 0 Å². The van der Waals surface area contributed by atoms with E-state index in [0.29, 0.717) is 12.8 Å². The molecule has 0 N–H and O–H groups in total. The van der Waals surface area contributed by atoms with Gasteiger partial charge in [-0.25, -0.2) is 0 Å². The minimum absolute atomic E-state index is 0.0883. The first kappa shape index (κ1) is 17.2. The summed E-state index contributed by atoms with van der Waals surface area (Å²) in [5, 5.41) is 21.3. The van der Waals surface area contributed by atoms with E-state index in [4.69, 9.17) is 0 Å². The molecule has 0 aliphatic carbocycles. The third kappa shape index (κ3) is 6.43. The van der Waals surface area contributed by atoms with Crippen LogP contribution in [0, 0.1) is 5.92 Å². The van der Waals surface area contributed by atoms with Gasteiger partial charge in [0.1, 0.15) is 0 Å². The Morgan fingerprint density at radius 3 is 1.86 bits per heavy atom. The van der Waals surface area contributed by atoms with E-state index >= 15 is 0 Å². The van der Waals surface area contributed by atoms with Gasteiger partial charge in [0.15, 0.2) is 0 Å². The SMILES string of the molecule is CC(C)(C)c1ccc(CCC(CC(=O)[O-])CC(=O)[O-])cc1. The molecule has 0 heterocycles. The fourth-order valence-corrected chi connectivity index (χ4v) is 2.29. The summed E-state index contributed by atoms with van der Waals surface area (Å²) in [6, 6.07) is 8.13. The highest BCUT2D eigenvalue weighted by Crippen LogP contribution is 2.23. The number of benzene rings is 1. The molecule has 0 atom stereocenters. The number of carboxylic acids is 2. The molecule has 21 heavy (non-hydrogen) atoms. The normalized spacial score (nSPS) is 11.6. The number of carbonyl (C=O) groups excluding carboxylic acids is 2. The Balaban J connectivity index is 2.63. The monoisotopic (exact) mass is 290 g/mol. The van der Waals surface area contributed by atoms with Gasteiger partial charge < -0.3 is 19.8 Å². The first-order valence-electron chi connectivity index (χ1n) is 7.17. The number of carbonyl (C=O) groups is 2. The summed E-state index contributed by atoms with van der Waals surface area (Å²) in [6.07, 6.45) is 0.661. The predicted octanol–water partition coefficient (Wildman–Crippen LogP) is 0.813. The van der Waals surface area contributed by atoms with Crippen LogP contribution in [0.3, 0.4) is 0 Å². The maximum atomic E-state index is 10.6. The van der Waals surface area contributed by atoms with E-state index in [1.54, 1.807) is 0 Å². The molecular formula is C17H22O4-2. The van der Waals surface area contributed by atoms with E-state index < -0.39 is 17.9 Å². The summed E-state index contributed by atoms with van der Waals surface area (Å²) >= 11 is 0. The van der Waals surface area contributed by atoms with E-state index in [1.807, 2.05) is 12.1 Å². The molecule has 0 fully saturated rings. The van der Waals surface area contributed by atoms with Crippen LogP contribution in [-0.4, -0.2) is 11.9 Å². The molecule has 0 radical (unpaired) electrons. The Kier molecular flexibility index (Phi) is 5.94. The molecule has 0 unspecified atom stereocenters. The van der Waals surface area contributed by atoms with Crippen LogP contribution < -0.4 is 10.2 Å². The molecule has 4 nitrogen and oxygen atoms in total. The van der Waals surface area contributed by atoms with Gasteiger partial charge in [-0.2, -0.15) is 0 Å². The Morgan fingerprint density at radius 1 is 1.00 bits per heavy atom. The molecule has 116 valence electrons. The van der Waals surface area contributed by atoms with Crippen LogP contribution in [0.15, 0.2) is 24.3 Å². The van der Waals surface area contributed by atoms with Crippen molar-refractivity contribution < 1.29 is 19.8 Å². The molecule has 0 spiro atoms. The van der Waals surface area contributed by atoms with Gasteiger partial charge in [-0.05, 0) is 48.1 Å². The van der Waals surface area contributed by atoms with Crippen LogP contribution in [0.2, 0.25) is 0 Å². The van der Waals surface area contributed by atoms with Gasteiger partial charge in [-0.1, -0.05) is 45.0 Å². The zero-order valence-corrected chi connectivity index (χ0v) is 12.8. The minimum atomic E-state index is -1.22. The van der Waals surface area contributed by atoms with E-state index in [-0.39, 0.29) is 18.3 Å². The lowest BCUT2D eigenvalue weighted by Gasteiger charge is -2.20. The maximum Gasteiger partial charge on any atom is 0.0417 e. The largest absolute Gasteiger partial charge is 0.550 e. The van der Waals surface area contributed by atoms with Gasteiger partial charge >= 0.3 is 0 Å². The second kappa shape index (κ2) is 7.25. The van der Waals surface area contributed by atoms with Crippen LogP contribution >= 0.6 is 0 Å². The van der Waals surface area contributed by atoms with Gasteiger partial charge in [0.2, 0.25) is 0 Å². The van der Waals surface area contributed by atoms with Gasteiger partial charge in [0.05, 0.1) is 0 Å². The lowest BCUT2D eigenvalue weighted by atomic mass is 9.86. The molecule has 0 amide bonds.